The van der Waals surface area contributed by atoms with Crippen LogP contribution in [0.25, 0.3) is 22.0 Å². The van der Waals surface area contributed by atoms with Gasteiger partial charge < -0.3 is 5.73 Å². The molecule has 4 rings (SSSR count). The highest BCUT2D eigenvalue weighted by Gasteiger charge is 2.51. The molecule has 0 bridgehead atoms. The van der Waals surface area contributed by atoms with Gasteiger partial charge in [0.15, 0.2) is 0 Å². The van der Waals surface area contributed by atoms with Gasteiger partial charge in [-0.25, -0.2) is 4.98 Å². The number of aromatic nitrogens is 2. The molecule has 1 aliphatic carbocycles. The first-order chi connectivity index (χ1) is 11.5. The standard InChI is InChI=1S/C18H13Cl2N3O/c19-13-4-2-1-3-11(13)14-7-10-9-22-15(8-12(10)16(20)23-14)18(5-6-18)17(21)24/h1-4,7-9H,5-6H2,(H2,21,24). The van der Waals surface area contributed by atoms with Gasteiger partial charge in [0.1, 0.15) is 5.15 Å². The maximum atomic E-state index is 11.7. The first-order valence-electron chi connectivity index (χ1n) is 7.53. The Morgan fingerprint density at radius 1 is 1.17 bits per heavy atom. The van der Waals surface area contributed by atoms with Crippen molar-refractivity contribution in [3.63, 3.8) is 0 Å². The van der Waals surface area contributed by atoms with Crippen LogP contribution in [0.1, 0.15) is 18.5 Å². The van der Waals surface area contributed by atoms with Crippen molar-refractivity contribution in [1.29, 1.82) is 0 Å². The minimum Gasteiger partial charge on any atom is -0.369 e. The van der Waals surface area contributed by atoms with Gasteiger partial charge in [0.2, 0.25) is 5.91 Å². The van der Waals surface area contributed by atoms with E-state index in [1.54, 1.807) is 6.20 Å². The van der Waals surface area contributed by atoms with E-state index in [1.807, 2.05) is 36.4 Å². The quantitative estimate of drug-likeness (QED) is 0.716. The smallest absolute Gasteiger partial charge is 0.229 e. The lowest BCUT2D eigenvalue weighted by molar-refractivity contribution is -0.120. The molecule has 1 aliphatic rings. The lowest BCUT2D eigenvalue weighted by Crippen LogP contribution is -2.29. The Hall–Kier alpha value is -2.17. The maximum Gasteiger partial charge on any atom is 0.229 e. The highest BCUT2D eigenvalue weighted by Crippen LogP contribution is 2.47. The van der Waals surface area contributed by atoms with Gasteiger partial charge in [0.25, 0.3) is 0 Å². The number of amides is 1. The molecule has 24 heavy (non-hydrogen) atoms. The fourth-order valence-electron chi connectivity index (χ4n) is 2.93. The van der Waals surface area contributed by atoms with E-state index < -0.39 is 5.41 Å². The zero-order chi connectivity index (χ0) is 16.9. The second-order valence-electron chi connectivity index (χ2n) is 6.02. The molecule has 1 aromatic carbocycles. The molecule has 0 saturated heterocycles. The lowest BCUT2D eigenvalue weighted by atomic mass is 9.99. The SMILES string of the molecule is NC(=O)C1(c2cc3c(Cl)nc(-c4ccccc4Cl)cc3cn2)CC1. The van der Waals surface area contributed by atoms with Crippen molar-refractivity contribution in [2.75, 3.05) is 0 Å². The van der Waals surface area contributed by atoms with Crippen molar-refractivity contribution < 1.29 is 4.79 Å². The molecule has 0 spiro atoms. The number of hydrogen-bond acceptors (Lipinski definition) is 3. The molecule has 0 atom stereocenters. The average Bonchev–Trinajstić information content (AvgIpc) is 3.37. The largest absolute Gasteiger partial charge is 0.369 e. The predicted octanol–water partition coefficient (Wildman–Crippen LogP) is 4.12. The Morgan fingerprint density at radius 3 is 2.58 bits per heavy atom. The summed E-state index contributed by atoms with van der Waals surface area (Å²) in [5.74, 6) is -0.342. The number of nitrogens with two attached hydrogens (primary N) is 1. The molecule has 2 N–H and O–H groups in total. The van der Waals surface area contributed by atoms with Crippen LogP contribution in [-0.2, 0) is 10.2 Å². The van der Waals surface area contributed by atoms with Crippen LogP contribution in [-0.4, -0.2) is 15.9 Å². The number of rotatable bonds is 3. The van der Waals surface area contributed by atoms with Crippen LogP contribution in [0.15, 0.2) is 42.6 Å². The van der Waals surface area contributed by atoms with E-state index in [-0.39, 0.29) is 5.91 Å². The predicted molar refractivity (Wildman–Crippen MR) is 95.1 cm³/mol. The minimum atomic E-state index is -0.640. The Morgan fingerprint density at radius 2 is 1.92 bits per heavy atom. The summed E-state index contributed by atoms with van der Waals surface area (Å²) in [6.07, 6.45) is 3.16. The Balaban J connectivity index is 1.87. The second-order valence-corrected chi connectivity index (χ2v) is 6.78. The molecule has 1 saturated carbocycles. The Kier molecular flexibility index (Phi) is 3.48. The van der Waals surface area contributed by atoms with Crippen molar-refractivity contribution >= 4 is 39.9 Å². The van der Waals surface area contributed by atoms with Crippen molar-refractivity contribution in [1.82, 2.24) is 9.97 Å². The van der Waals surface area contributed by atoms with Crippen molar-refractivity contribution in [2.45, 2.75) is 18.3 Å². The molecule has 1 fully saturated rings. The van der Waals surface area contributed by atoms with Gasteiger partial charge in [-0.3, -0.25) is 9.78 Å². The van der Waals surface area contributed by atoms with E-state index >= 15 is 0 Å². The number of carbonyl (C=O) groups is 1. The summed E-state index contributed by atoms with van der Waals surface area (Å²) in [5, 5.41) is 2.56. The molecule has 6 heteroatoms. The second kappa shape index (κ2) is 5.43. The molecule has 1 amide bonds. The highest BCUT2D eigenvalue weighted by molar-refractivity contribution is 6.35. The monoisotopic (exact) mass is 357 g/mol. The Labute approximate surface area is 148 Å². The van der Waals surface area contributed by atoms with E-state index in [0.29, 0.717) is 21.6 Å². The first-order valence-corrected chi connectivity index (χ1v) is 8.28. The third-order valence-electron chi connectivity index (χ3n) is 4.53. The van der Waals surface area contributed by atoms with Crippen LogP contribution in [0.5, 0.6) is 0 Å². The van der Waals surface area contributed by atoms with Crippen LogP contribution in [0.4, 0.5) is 0 Å². The zero-order valence-electron chi connectivity index (χ0n) is 12.6. The van der Waals surface area contributed by atoms with E-state index in [9.17, 15) is 4.79 Å². The van der Waals surface area contributed by atoms with Crippen LogP contribution in [0.2, 0.25) is 10.2 Å². The summed E-state index contributed by atoms with van der Waals surface area (Å²) in [4.78, 5) is 20.6. The number of halogens is 2. The summed E-state index contributed by atoms with van der Waals surface area (Å²) in [5.41, 5.74) is 7.04. The molecule has 120 valence electrons. The number of fused-ring (bicyclic) bond motifs is 1. The fourth-order valence-corrected chi connectivity index (χ4v) is 3.41. The topological polar surface area (TPSA) is 68.9 Å². The van der Waals surface area contributed by atoms with Crippen LogP contribution >= 0.6 is 23.2 Å². The Bertz CT molecular complexity index is 983. The summed E-state index contributed by atoms with van der Waals surface area (Å²) in [7, 11) is 0. The number of benzene rings is 1. The van der Waals surface area contributed by atoms with Gasteiger partial charge >= 0.3 is 0 Å². The van der Waals surface area contributed by atoms with Crippen molar-refractivity contribution in [3.8, 4) is 11.3 Å². The van der Waals surface area contributed by atoms with Crippen LogP contribution in [0.3, 0.4) is 0 Å². The normalized spacial score (nSPS) is 15.4. The third-order valence-corrected chi connectivity index (χ3v) is 5.15. The molecule has 0 radical (unpaired) electrons. The zero-order valence-corrected chi connectivity index (χ0v) is 14.1. The van der Waals surface area contributed by atoms with Gasteiger partial charge in [0.05, 0.1) is 16.8 Å². The molecule has 2 aromatic heterocycles. The fraction of sp³-hybridized carbons (Fsp3) is 0.167. The third kappa shape index (κ3) is 2.34. The molecule has 0 unspecified atom stereocenters. The summed E-state index contributed by atoms with van der Waals surface area (Å²) in [6.45, 7) is 0. The van der Waals surface area contributed by atoms with Crippen molar-refractivity contribution in [3.05, 3.63) is 58.5 Å². The van der Waals surface area contributed by atoms with Gasteiger partial charge in [-0.05, 0) is 31.0 Å². The average molecular weight is 358 g/mol. The molecule has 3 aromatic rings. The summed E-state index contributed by atoms with van der Waals surface area (Å²) >= 11 is 12.6. The molecular formula is C18H13Cl2N3O. The van der Waals surface area contributed by atoms with E-state index in [0.717, 1.165) is 29.2 Å². The molecular weight excluding hydrogens is 345 g/mol. The van der Waals surface area contributed by atoms with Gasteiger partial charge in [-0.2, -0.15) is 0 Å². The maximum absolute atomic E-state index is 11.7. The highest BCUT2D eigenvalue weighted by atomic mass is 35.5. The van der Waals surface area contributed by atoms with Gasteiger partial charge in [0, 0.05) is 27.6 Å². The van der Waals surface area contributed by atoms with Gasteiger partial charge in [-0.15, -0.1) is 0 Å². The van der Waals surface area contributed by atoms with Gasteiger partial charge in [-0.1, -0.05) is 41.4 Å². The van der Waals surface area contributed by atoms with E-state index in [4.69, 9.17) is 28.9 Å². The number of hydrogen-bond donors (Lipinski definition) is 1. The molecule has 4 nitrogen and oxygen atoms in total. The van der Waals surface area contributed by atoms with Crippen LogP contribution in [0, 0.1) is 0 Å². The number of nitrogens with zero attached hydrogens (tertiary/aromatic N) is 2. The van der Waals surface area contributed by atoms with Crippen molar-refractivity contribution in [2.24, 2.45) is 5.73 Å². The number of primary amides is 1. The first kappa shape index (κ1) is 15.4. The summed E-state index contributed by atoms with van der Waals surface area (Å²) in [6, 6.07) is 11.2. The minimum absolute atomic E-state index is 0.342. The number of pyridine rings is 2. The summed E-state index contributed by atoms with van der Waals surface area (Å²) < 4.78 is 0. The lowest BCUT2D eigenvalue weighted by Gasteiger charge is -2.12. The van der Waals surface area contributed by atoms with E-state index in [2.05, 4.69) is 9.97 Å². The van der Waals surface area contributed by atoms with E-state index in [1.165, 1.54) is 0 Å². The van der Waals surface area contributed by atoms with Crippen LogP contribution < -0.4 is 5.73 Å². The molecule has 0 aliphatic heterocycles. The molecule has 2 heterocycles. The number of carbonyl (C=O) groups excluding carboxylic acids is 1.